The Balaban J connectivity index is 1.30. The number of carbonyl (C=O) groups is 1. The van der Waals surface area contributed by atoms with Crippen LogP contribution in [-0.4, -0.2) is 26.3 Å². The second kappa shape index (κ2) is 7.46. The number of aliphatic hydroxyl groups is 1. The maximum Gasteiger partial charge on any atom is 0.157 e. The van der Waals surface area contributed by atoms with Gasteiger partial charge in [-0.3, -0.25) is 9.48 Å². The number of aryl methyl sites for hydroxylation is 1. The lowest BCUT2D eigenvalue weighted by atomic mass is 9.49. The smallest absolute Gasteiger partial charge is 0.157 e. The Morgan fingerprint density at radius 2 is 1.90 bits per heavy atom. The van der Waals surface area contributed by atoms with Gasteiger partial charge in [0.2, 0.25) is 0 Å². The molecule has 0 amide bonds. The van der Waals surface area contributed by atoms with Gasteiger partial charge >= 0.3 is 0 Å². The highest BCUT2D eigenvalue weighted by molar-refractivity contribution is 5.82. The van der Waals surface area contributed by atoms with Crippen LogP contribution in [0.2, 0.25) is 0 Å². The molecule has 4 aliphatic carbocycles. The Hall–Kier alpha value is -1.16. The lowest BCUT2D eigenvalue weighted by Gasteiger charge is -2.56. The van der Waals surface area contributed by atoms with Gasteiger partial charge in [0.1, 0.15) is 0 Å². The minimum Gasteiger partial charge on any atom is -0.390 e. The van der Waals surface area contributed by atoms with Gasteiger partial charge in [0.05, 0.1) is 18.3 Å². The van der Waals surface area contributed by atoms with E-state index in [1.165, 1.54) is 44.1 Å². The maximum absolute atomic E-state index is 13.3. The summed E-state index contributed by atoms with van der Waals surface area (Å²) in [6, 6.07) is 0. The molecule has 1 N–H and O–H groups in total. The summed E-state index contributed by atoms with van der Waals surface area (Å²) < 4.78 is 1.86. The van der Waals surface area contributed by atoms with Crippen LogP contribution in [0, 0.1) is 40.9 Å². The molecule has 0 radical (unpaired) electrons. The van der Waals surface area contributed by atoms with Crippen LogP contribution in [0.15, 0.2) is 12.4 Å². The monoisotopic (exact) mass is 412 g/mol. The van der Waals surface area contributed by atoms with Crippen LogP contribution < -0.4 is 0 Å². The molecule has 0 saturated heterocycles. The van der Waals surface area contributed by atoms with Crippen molar-refractivity contribution in [1.29, 1.82) is 0 Å². The molecule has 1 aromatic heterocycles. The molecule has 1 unspecified atom stereocenters. The van der Waals surface area contributed by atoms with Gasteiger partial charge in [-0.25, -0.2) is 0 Å². The van der Waals surface area contributed by atoms with E-state index in [-0.39, 0.29) is 11.3 Å². The highest BCUT2D eigenvalue weighted by atomic mass is 16.3. The molecule has 1 aromatic rings. The Morgan fingerprint density at radius 1 is 1.10 bits per heavy atom. The quantitative estimate of drug-likeness (QED) is 0.754. The molecule has 4 fully saturated rings. The van der Waals surface area contributed by atoms with Crippen LogP contribution >= 0.6 is 0 Å². The van der Waals surface area contributed by atoms with Crippen molar-refractivity contribution < 1.29 is 9.90 Å². The van der Waals surface area contributed by atoms with Gasteiger partial charge in [-0.15, -0.1) is 0 Å². The Labute approximate surface area is 181 Å². The van der Waals surface area contributed by atoms with E-state index in [1.54, 1.807) is 0 Å². The second-order valence-electron chi connectivity index (χ2n) is 11.7. The molecule has 5 rings (SSSR count). The minimum atomic E-state index is -0.438. The summed E-state index contributed by atoms with van der Waals surface area (Å²) in [6.07, 6.45) is 15.6. The fourth-order valence-corrected chi connectivity index (χ4v) is 8.56. The largest absolute Gasteiger partial charge is 0.390 e. The van der Waals surface area contributed by atoms with Crippen LogP contribution in [0.4, 0.5) is 0 Å². The van der Waals surface area contributed by atoms with E-state index in [0.717, 1.165) is 55.3 Å². The summed E-state index contributed by atoms with van der Waals surface area (Å²) in [4.78, 5) is 13.3. The SMILES string of the molecule is CCc1cnn(CC(=O)[C@H]2CC[C@H]3[C@@H]4CC[C@@H]5C[C@](C)(O)CCC5[C@H]4CC[C@]23C)c1. The van der Waals surface area contributed by atoms with E-state index in [4.69, 9.17) is 0 Å². The summed E-state index contributed by atoms with van der Waals surface area (Å²) in [5, 5.41) is 15.0. The molecule has 4 nitrogen and oxygen atoms in total. The number of aromatic nitrogens is 2. The van der Waals surface area contributed by atoms with Gasteiger partial charge in [-0.2, -0.15) is 5.10 Å². The summed E-state index contributed by atoms with van der Waals surface area (Å²) in [5.74, 6) is 4.53. The second-order valence-corrected chi connectivity index (χ2v) is 11.7. The highest BCUT2D eigenvalue weighted by Gasteiger charge is 2.58. The molecule has 0 aliphatic heterocycles. The molecule has 1 heterocycles. The first-order valence-electron chi connectivity index (χ1n) is 12.6. The highest BCUT2D eigenvalue weighted by Crippen LogP contribution is 2.64. The van der Waals surface area contributed by atoms with Crippen LogP contribution in [0.3, 0.4) is 0 Å². The fourth-order valence-electron chi connectivity index (χ4n) is 8.56. The first-order chi connectivity index (χ1) is 14.3. The molecule has 166 valence electrons. The number of nitrogens with zero attached hydrogens (tertiary/aromatic N) is 2. The molecular weight excluding hydrogens is 372 g/mol. The predicted molar refractivity (Wildman–Crippen MR) is 118 cm³/mol. The summed E-state index contributed by atoms with van der Waals surface area (Å²) in [6.45, 7) is 7.07. The molecular formula is C26H40N2O2. The van der Waals surface area contributed by atoms with Gasteiger partial charge in [-0.05, 0) is 112 Å². The van der Waals surface area contributed by atoms with Crippen molar-refractivity contribution in [2.75, 3.05) is 0 Å². The van der Waals surface area contributed by atoms with Crippen molar-refractivity contribution in [2.45, 2.75) is 97.1 Å². The molecule has 0 spiro atoms. The number of fused-ring (bicyclic) bond motifs is 5. The zero-order valence-electron chi connectivity index (χ0n) is 19.1. The van der Waals surface area contributed by atoms with E-state index >= 15 is 0 Å². The topological polar surface area (TPSA) is 55.1 Å². The van der Waals surface area contributed by atoms with Gasteiger partial charge in [-0.1, -0.05) is 13.8 Å². The Morgan fingerprint density at radius 3 is 2.67 bits per heavy atom. The number of hydrogen-bond acceptors (Lipinski definition) is 3. The molecule has 4 aliphatic rings. The van der Waals surface area contributed by atoms with Gasteiger partial charge in [0.15, 0.2) is 5.78 Å². The van der Waals surface area contributed by atoms with Crippen molar-refractivity contribution in [2.24, 2.45) is 40.9 Å². The fraction of sp³-hybridized carbons (Fsp3) is 0.846. The number of hydrogen-bond donors (Lipinski definition) is 1. The Kier molecular flexibility index (Phi) is 5.16. The first-order valence-corrected chi connectivity index (χ1v) is 12.6. The number of carbonyl (C=O) groups excluding carboxylic acids is 1. The van der Waals surface area contributed by atoms with Gasteiger partial charge in [0.25, 0.3) is 0 Å². The number of Topliss-reactive ketones (excluding diaryl/α,β-unsaturated/α-hetero) is 1. The zero-order valence-corrected chi connectivity index (χ0v) is 19.1. The van der Waals surface area contributed by atoms with E-state index in [0.29, 0.717) is 12.3 Å². The molecule has 0 aromatic carbocycles. The average molecular weight is 413 g/mol. The molecule has 0 bridgehead atoms. The Bertz CT molecular complexity index is 799. The van der Waals surface area contributed by atoms with Crippen molar-refractivity contribution in [3.8, 4) is 0 Å². The van der Waals surface area contributed by atoms with E-state index in [2.05, 4.69) is 18.9 Å². The van der Waals surface area contributed by atoms with Crippen molar-refractivity contribution in [3.63, 3.8) is 0 Å². The molecule has 4 saturated carbocycles. The average Bonchev–Trinajstić information content (AvgIpc) is 3.30. The number of rotatable bonds is 4. The van der Waals surface area contributed by atoms with Crippen LogP contribution in [0.1, 0.15) is 84.1 Å². The summed E-state index contributed by atoms with van der Waals surface area (Å²) in [7, 11) is 0. The normalized spacial score (nSPS) is 45.5. The predicted octanol–water partition coefficient (Wildman–Crippen LogP) is 5.03. The lowest BCUT2D eigenvalue weighted by Crippen LogP contribution is -2.51. The van der Waals surface area contributed by atoms with Crippen molar-refractivity contribution >= 4 is 5.78 Å². The molecule has 8 atom stereocenters. The minimum absolute atomic E-state index is 0.186. The standard InChI is InChI=1S/C26H40N2O2/c1-4-17-14-27-28(15-17)16-24(29)23-8-7-22-21-6-5-18-13-25(2,30)11-9-19(18)20(21)10-12-26(22,23)3/h14-15,18-23,30H,4-13,16H2,1-3H3/t18-,19?,20-,21-,22+,23-,25-,26+/m1/s1. The lowest BCUT2D eigenvalue weighted by molar-refractivity contribution is -0.133. The van der Waals surface area contributed by atoms with E-state index in [9.17, 15) is 9.90 Å². The van der Waals surface area contributed by atoms with Gasteiger partial charge in [0, 0.05) is 12.1 Å². The molecule has 4 heteroatoms. The third-order valence-corrected chi connectivity index (χ3v) is 10.0. The van der Waals surface area contributed by atoms with Crippen LogP contribution in [0.25, 0.3) is 0 Å². The maximum atomic E-state index is 13.3. The van der Waals surface area contributed by atoms with E-state index in [1.807, 2.05) is 24.0 Å². The number of ketones is 1. The molecule has 30 heavy (non-hydrogen) atoms. The third kappa shape index (κ3) is 3.38. The first kappa shape index (κ1) is 20.7. The van der Waals surface area contributed by atoms with Crippen LogP contribution in [0.5, 0.6) is 0 Å². The van der Waals surface area contributed by atoms with Crippen LogP contribution in [-0.2, 0) is 17.8 Å². The van der Waals surface area contributed by atoms with Gasteiger partial charge < -0.3 is 5.11 Å². The van der Waals surface area contributed by atoms with E-state index < -0.39 is 5.60 Å². The zero-order chi connectivity index (χ0) is 21.1. The summed E-state index contributed by atoms with van der Waals surface area (Å²) in [5.41, 5.74) is 0.958. The summed E-state index contributed by atoms with van der Waals surface area (Å²) >= 11 is 0. The third-order valence-electron chi connectivity index (χ3n) is 10.0. The van der Waals surface area contributed by atoms with Crippen molar-refractivity contribution in [1.82, 2.24) is 9.78 Å². The van der Waals surface area contributed by atoms with Crippen molar-refractivity contribution in [3.05, 3.63) is 18.0 Å².